The molecule has 0 spiro atoms. The van der Waals surface area contributed by atoms with Crippen LogP contribution in [-0.4, -0.2) is 26.7 Å². The van der Waals surface area contributed by atoms with E-state index in [4.69, 9.17) is 5.73 Å². The molecule has 0 rings (SSSR count). The first kappa shape index (κ1) is 9.38. The van der Waals surface area contributed by atoms with Gasteiger partial charge in [0.15, 0.2) is 0 Å². The minimum atomic E-state index is -3.70. The van der Waals surface area contributed by atoms with E-state index in [2.05, 4.69) is 4.18 Å². The molecule has 0 unspecified atom stereocenters. The van der Waals surface area contributed by atoms with Crippen molar-refractivity contribution in [3.05, 3.63) is 0 Å². The Labute approximate surface area is 59.3 Å². The number of hydrogen-bond donors (Lipinski definition) is 1. The fourth-order valence-corrected chi connectivity index (χ4v) is 0.675. The van der Waals surface area contributed by atoms with E-state index in [1.54, 1.807) is 0 Å². The van der Waals surface area contributed by atoms with E-state index in [-0.39, 0.29) is 0 Å². The molecule has 0 aromatic heterocycles. The van der Waals surface area contributed by atoms with Gasteiger partial charge in [-0.1, -0.05) is 0 Å². The summed E-state index contributed by atoms with van der Waals surface area (Å²) in [6.07, 6.45) is 0.785. The molecular weight excluding hydrogens is 158 g/mol. The maximum Gasteiger partial charge on any atom is 0.338 e. The molecule has 6 heteroatoms. The Hall–Kier alpha value is -0.620. The fourth-order valence-electron chi connectivity index (χ4n) is 0.225. The summed E-state index contributed by atoms with van der Waals surface area (Å²) in [4.78, 5) is 10.4. The molecule has 0 fully saturated rings. The summed E-state index contributed by atoms with van der Waals surface area (Å²) in [5, 5.41) is 0. The molecule has 10 heavy (non-hydrogen) atoms. The zero-order valence-electron chi connectivity index (χ0n) is 5.70. The molecule has 0 aliphatic heterocycles. The summed E-state index contributed by atoms with van der Waals surface area (Å²) in [7, 11) is -3.70. The molecule has 5 nitrogen and oxygen atoms in total. The highest BCUT2D eigenvalue weighted by atomic mass is 32.2. The molecule has 0 heterocycles. The van der Waals surface area contributed by atoms with Crippen molar-refractivity contribution < 1.29 is 17.4 Å². The van der Waals surface area contributed by atoms with E-state index in [0.29, 0.717) is 0 Å². The topological polar surface area (TPSA) is 86.5 Å². The van der Waals surface area contributed by atoms with E-state index in [1.165, 1.54) is 6.92 Å². The van der Waals surface area contributed by atoms with Crippen LogP contribution >= 0.6 is 0 Å². The molecule has 0 amide bonds. The van der Waals surface area contributed by atoms with Crippen molar-refractivity contribution in [3.8, 4) is 0 Å². The number of rotatable bonds is 2. The lowest BCUT2D eigenvalue weighted by Gasteiger charge is -2.02. The Balaban J connectivity index is 4.07. The van der Waals surface area contributed by atoms with Crippen LogP contribution in [0.15, 0.2) is 0 Å². The summed E-state index contributed by atoms with van der Waals surface area (Å²) in [5.41, 5.74) is 5.00. The Morgan fingerprint density at radius 3 is 2.10 bits per heavy atom. The van der Waals surface area contributed by atoms with Gasteiger partial charge in [-0.05, 0) is 6.92 Å². The largest absolute Gasteiger partial charge is 0.344 e. The van der Waals surface area contributed by atoms with Gasteiger partial charge in [-0.2, -0.15) is 8.42 Å². The minimum absolute atomic E-state index is 0.785. The second-order valence-electron chi connectivity index (χ2n) is 1.90. The molecule has 0 aliphatic carbocycles. The molecule has 0 radical (unpaired) electrons. The molecule has 0 aliphatic rings. The molecule has 0 saturated carbocycles. The second-order valence-corrected chi connectivity index (χ2v) is 3.47. The van der Waals surface area contributed by atoms with Crippen molar-refractivity contribution in [1.82, 2.24) is 0 Å². The van der Waals surface area contributed by atoms with E-state index in [0.717, 1.165) is 6.26 Å². The maximum absolute atomic E-state index is 10.4. The van der Waals surface area contributed by atoms with Gasteiger partial charge in [0.25, 0.3) is 0 Å². The molecule has 0 bridgehead atoms. The van der Waals surface area contributed by atoms with Gasteiger partial charge in [-0.3, -0.25) is 0 Å². The fraction of sp³-hybridized carbons (Fsp3) is 0.750. The lowest BCUT2D eigenvalue weighted by Crippen LogP contribution is -2.30. The molecule has 0 aromatic rings. The zero-order valence-corrected chi connectivity index (χ0v) is 6.51. The van der Waals surface area contributed by atoms with Crippen LogP contribution in [-0.2, 0) is 19.1 Å². The first-order chi connectivity index (χ1) is 4.33. The lowest BCUT2D eigenvalue weighted by atomic mass is 10.4. The predicted octanol–water partition coefficient (Wildman–Crippen LogP) is -1.16. The maximum atomic E-state index is 10.4. The van der Waals surface area contributed by atoms with Crippen LogP contribution in [0.2, 0.25) is 0 Å². The van der Waals surface area contributed by atoms with Crippen molar-refractivity contribution in [2.75, 3.05) is 6.26 Å². The Bertz CT molecular complexity index is 217. The van der Waals surface area contributed by atoms with E-state index in [1.807, 2.05) is 0 Å². The molecule has 60 valence electrons. The molecule has 0 aromatic carbocycles. The van der Waals surface area contributed by atoms with E-state index < -0.39 is 22.1 Å². The third-order valence-corrected chi connectivity index (χ3v) is 1.07. The standard InChI is InChI=1S/C4H9NO4S/c1-3(5)4(6)9-10(2,7)8/h3H,5H2,1-2H3/t3-/m0/s1. The summed E-state index contributed by atoms with van der Waals surface area (Å²) in [6.45, 7) is 1.34. The minimum Gasteiger partial charge on any atom is -0.344 e. The predicted molar refractivity (Wildman–Crippen MR) is 34.6 cm³/mol. The highest BCUT2D eigenvalue weighted by molar-refractivity contribution is 7.86. The van der Waals surface area contributed by atoms with Gasteiger partial charge in [0, 0.05) is 0 Å². The van der Waals surface area contributed by atoms with Crippen molar-refractivity contribution >= 4 is 16.1 Å². The van der Waals surface area contributed by atoms with Crippen molar-refractivity contribution in [2.45, 2.75) is 13.0 Å². The first-order valence-corrected chi connectivity index (χ1v) is 4.33. The molecule has 0 saturated heterocycles. The van der Waals surface area contributed by atoms with Crippen LogP contribution in [0, 0.1) is 0 Å². The van der Waals surface area contributed by atoms with Crippen molar-refractivity contribution in [2.24, 2.45) is 5.73 Å². The average Bonchev–Trinajstić information content (AvgIpc) is 1.60. The van der Waals surface area contributed by atoms with Gasteiger partial charge in [0.2, 0.25) is 0 Å². The normalized spacial score (nSPS) is 14.3. The summed E-state index contributed by atoms with van der Waals surface area (Å²) < 4.78 is 24.4. The van der Waals surface area contributed by atoms with Gasteiger partial charge in [-0.15, -0.1) is 0 Å². The summed E-state index contributed by atoms with van der Waals surface area (Å²) >= 11 is 0. The highest BCUT2D eigenvalue weighted by Gasteiger charge is 2.14. The van der Waals surface area contributed by atoms with E-state index in [9.17, 15) is 13.2 Å². The van der Waals surface area contributed by atoms with Crippen molar-refractivity contribution in [3.63, 3.8) is 0 Å². The van der Waals surface area contributed by atoms with Crippen LogP contribution < -0.4 is 5.73 Å². The van der Waals surface area contributed by atoms with Crippen LogP contribution in [0.3, 0.4) is 0 Å². The van der Waals surface area contributed by atoms with Crippen molar-refractivity contribution in [1.29, 1.82) is 0 Å². The number of nitrogens with two attached hydrogens (primary N) is 1. The summed E-state index contributed by atoms with van der Waals surface area (Å²) in [5.74, 6) is -0.942. The summed E-state index contributed by atoms with van der Waals surface area (Å²) in [6, 6.07) is -0.908. The Morgan fingerprint density at radius 2 is 2.00 bits per heavy atom. The Kier molecular flexibility index (Phi) is 2.79. The van der Waals surface area contributed by atoms with Gasteiger partial charge in [-0.25, -0.2) is 4.79 Å². The first-order valence-electron chi connectivity index (χ1n) is 2.52. The van der Waals surface area contributed by atoms with Crippen LogP contribution in [0.5, 0.6) is 0 Å². The molecular formula is C4H9NO4S. The van der Waals surface area contributed by atoms with Gasteiger partial charge in [0.05, 0.1) is 6.26 Å². The van der Waals surface area contributed by atoms with Gasteiger partial charge >= 0.3 is 16.1 Å². The lowest BCUT2D eigenvalue weighted by molar-refractivity contribution is -0.134. The molecule has 2 N–H and O–H groups in total. The second kappa shape index (κ2) is 2.98. The quantitative estimate of drug-likeness (QED) is 0.524. The smallest absolute Gasteiger partial charge is 0.338 e. The van der Waals surface area contributed by atoms with Crippen LogP contribution in [0.1, 0.15) is 6.92 Å². The number of hydrogen-bond acceptors (Lipinski definition) is 5. The van der Waals surface area contributed by atoms with Crippen LogP contribution in [0.4, 0.5) is 0 Å². The van der Waals surface area contributed by atoms with Crippen LogP contribution in [0.25, 0.3) is 0 Å². The Morgan fingerprint density at radius 1 is 1.60 bits per heavy atom. The SMILES string of the molecule is C[C@H](N)C(=O)OS(C)(=O)=O. The number of carbonyl (C=O) groups is 1. The molecule has 1 atom stereocenters. The zero-order chi connectivity index (χ0) is 8.36. The van der Waals surface area contributed by atoms with Gasteiger partial charge < -0.3 is 9.92 Å². The average molecular weight is 167 g/mol. The van der Waals surface area contributed by atoms with Gasteiger partial charge in [0.1, 0.15) is 6.04 Å². The monoisotopic (exact) mass is 167 g/mol. The van der Waals surface area contributed by atoms with E-state index >= 15 is 0 Å². The number of carbonyl (C=O) groups excluding carboxylic acids is 1. The highest BCUT2D eigenvalue weighted by Crippen LogP contribution is 1.90. The third-order valence-electron chi connectivity index (χ3n) is 0.605. The third kappa shape index (κ3) is 4.28.